The zero-order valence-corrected chi connectivity index (χ0v) is 57.4. The number of rotatable bonds is 6. The van der Waals surface area contributed by atoms with Crippen LogP contribution in [0, 0.1) is 0 Å². The van der Waals surface area contributed by atoms with Gasteiger partial charge in [-0.1, -0.05) is 291 Å². The van der Waals surface area contributed by atoms with Gasteiger partial charge in [0.1, 0.15) is 33.5 Å². The van der Waals surface area contributed by atoms with Crippen molar-refractivity contribution in [1.82, 2.24) is 29.9 Å². The van der Waals surface area contributed by atoms with Crippen LogP contribution in [0.15, 0.2) is 365 Å². The first kappa shape index (κ1) is 61.2. The van der Waals surface area contributed by atoms with Gasteiger partial charge in [-0.2, -0.15) is 0 Å². The Morgan fingerprint density at radius 1 is 0.159 bits per heavy atom. The highest BCUT2D eigenvalue weighted by atomic mass is 16.3. The number of fused-ring (bicyclic) bond motifs is 22. The molecule has 23 aromatic rings. The van der Waals surface area contributed by atoms with E-state index in [0.717, 1.165) is 220 Å². The van der Waals surface area contributed by atoms with Gasteiger partial charge in [-0.25, -0.2) is 29.9 Å². The van der Waals surface area contributed by atoms with E-state index in [9.17, 15) is 0 Å². The average molecular weight is 1370 g/mol. The largest absolute Gasteiger partial charge is 0.455 e. The highest BCUT2D eigenvalue weighted by Crippen LogP contribution is 2.45. The smallest absolute Gasteiger partial charge is 0.143 e. The van der Waals surface area contributed by atoms with Crippen molar-refractivity contribution in [1.29, 1.82) is 0 Å². The third-order valence-corrected chi connectivity index (χ3v) is 20.8. The second-order valence-corrected chi connectivity index (χ2v) is 27.0. The summed E-state index contributed by atoms with van der Waals surface area (Å²) < 4.78 is 19.0. The molecule has 0 radical (unpaired) electrons. The van der Waals surface area contributed by atoms with Crippen LogP contribution in [0.1, 0.15) is 0 Å². The Morgan fingerprint density at radius 2 is 0.430 bits per heavy atom. The summed E-state index contributed by atoms with van der Waals surface area (Å²) in [5.41, 5.74) is 22.3. The highest BCUT2D eigenvalue weighted by molar-refractivity contribution is 6.21. The van der Waals surface area contributed by atoms with Crippen LogP contribution in [0.5, 0.6) is 0 Å². The van der Waals surface area contributed by atoms with Crippen LogP contribution < -0.4 is 0 Å². The van der Waals surface area contributed by atoms with E-state index in [0.29, 0.717) is 0 Å². The van der Waals surface area contributed by atoms with Crippen LogP contribution >= 0.6 is 0 Å². The summed E-state index contributed by atoms with van der Waals surface area (Å²) in [7, 11) is 0. The molecule has 498 valence electrons. The zero-order valence-electron chi connectivity index (χ0n) is 57.4. The summed E-state index contributed by atoms with van der Waals surface area (Å²) in [6.07, 6.45) is 0. The van der Waals surface area contributed by atoms with Crippen molar-refractivity contribution in [2.75, 3.05) is 0 Å². The van der Waals surface area contributed by atoms with Crippen molar-refractivity contribution in [2.45, 2.75) is 0 Å². The normalized spacial score (nSPS) is 11.7. The molecule has 9 nitrogen and oxygen atoms in total. The van der Waals surface area contributed by atoms with E-state index in [4.69, 9.17) is 43.2 Å². The van der Waals surface area contributed by atoms with Crippen molar-refractivity contribution in [2.24, 2.45) is 0 Å². The molecule has 9 heteroatoms. The van der Waals surface area contributed by atoms with E-state index < -0.39 is 0 Å². The summed E-state index contributed by atoms with van der Waals surface area (Å²) >= 11 is 0. The predicted molar refractivity (Wildman–Crippen MR) is 441 cm³/mol. The molecule has 0 amide bonds. The molecule has 0 saturated carbocycles. The zero-order chi connectivity index (χ0) is 70.5. The second-order valence-electron chi connectivity index (χ2n) is 27.0. The summed E-state index contributed by atoms with van der Waals surface area (Å²) in [5, 5.41) is 17.8. The first-order valence-electron chi connectivity index (χ1n) is 35.9. The molecule has 6 aromatic heterocycles. The van der Waals surface area contributed by atoms with Gasteiger partial charge in [0, 0.05) is 92.6 Å². The lowest BCUT2D eigenvalue weighted by atomic mass is 9.96. The molecule has 0 spiro atoms. The first-order chi connectivity index (χ1) is 53.1. The number of hydrogen-bond donors (Lipinski definition) is 0. The first-order valence-corrected chi connectivity index (χ1v) is 35.9. The van der Waals surface area contributed by atoms with Gasteiger partial charge in [0.2, 0.25) is 0 Å². The van der Waals surface area contributed by atoms with Crippen LogP contribution in [-0.4, -0.2) is 29.9 Å². The van der Waals surface area contributed by atoms with E-state index in [1.54, 1.807) is 0 Å². The monoisotopic (exact) mass is 1370 g/mol. The molecule has 0 aliphatic rings. The fourth-order valence-corrected chi connectivity index (χ4v) is 15.8. The summed E-state index contributed by atoms with van der Waals surface area (Å²) in [5.74, 6) is 0. The Bertz CT molecular complexity index is 7520. The van der Waals surface area contributed by atoms with Crippen molar-refractivity contribution in [3.63, 3.8) is 0 Å². The van der Waals surface area contributed by atoms with Crippen LogP contribution in [0.4, 0.5) is 0 Å². The molecule has 0 aliphatic heterocycles. The predicted octanol–water partition coefficient (Wildman–Crippen LogP) is 26.4. The van der Waals surface area contributed by atoms with Gasteiger partial charge in [0.15, 0.2) is 0 Å². The molecular weight excluding hydrogens is 1310 g/mol. The number of hydrogen-bond acceptors (Lipinski definition) is 9. The maximum absolute atomic E-state index is 6.36. The summed E-state index contributed by atoms with van der Waals surface area (Å²) in [4.78, 5) is 31.2. The molecular formula is C98H58N6O3. The minimum absolute atomic E-state index is 0.870. The lowest BCUT2D eigenvalue weighted by Crippen LogP contribution is -1.97. The molecule has 0 bridgehead atoms. The Labute approximate surface area is 611 Å². The summed E-state index contributed by atoms with van der Waals surface area (Å²) in [6.45, 7) is 0. The Balaban J connectivity index is 0.000000103. The van der Waals surface area contributed by atoms with E-state index in [1.807, 2.05) is 103 Å². The molecule has 0 atom stereocenters. The Morgan fingerprint density at radius 3 is 0.832 bits per heavy atom. The fourth-order valence-electron chi connectivity index (χ4n) is 15.8. The van der Waals surface area contributed by atoms with Gasteiger partial charge in [-0.05, 0) is 87.6 Å². The number of nitrogens with zero attached hydrogens (tertiary/aromatic N) is 6. The van der Waals surface area contributed by atoms with Crippen molar-refractivity contribution in [3.05, 3.63) is 352 Å². The van der Waals surface area contributed by atoms with Crippen molar-refractivity contribution >= 4 is 153 Å². The van der Waals surface area contributed by atoms with Crippen molar-refractivity contribution < 1.29 is 13.3 Å². The number of para-hydroxylation sites is 5. The standard InChI is InChI=1S/2C34H20N2O.C30H18N2O/c1-2-10-22(11-3-1)31-33(35-29-20-17-21-9-4-5-12-23(21)32(29)36-31)26-14-8-15-27-24(26)18-19-28-25-13-6-7-16-30(25)37-34(27)28;1-2-10-22(11-3-1)31-33(36-32-23-12-5-4-9-21(23)17-20-29(32)35-31)26-14-8-15-27-24(26)18-19-28-25-13-6-7-16-30(25)37-34(27)28;1-2-9-19(10-3-1)28-29(32-26-15-6-5-14-25(26)31-28)22-12-8-13-23-20(22)17-18-24-21-11-4-7-16-27(21)33-30(23)24/h2*1-20H;1-18H. The lowest BCUT2D eigenvalue weighted by molar-refractivity contribution is 0.672. The molecule has 0 saturated heterocycles. The molecule has 23 rings (SSSR count). The third-order valence-electron chi connectivity index (χ3n) is 20.8. The Hall–Kier alpha value is -14.5. The molecule has 17 aromatic carbocycles. The maximum Gasteiger partial charge on any atom is 0.143 e. The van der Waals surface area contributed by atoms with Gasteiger partial charge >= 0.3 is 0 Å². The molecule has 0 unspecified atom stereocenters. The topological polar surface area (TPSA) is 117 Å². The molecule has 6 heterocycles. The van der Waals surface area contributed by atoms with Gasteiger partial charge < -0.3 is 13.3 Å². The van der Waals surface area contributed by atoms with Crippen LogP contribution in [0.3, 0.4) is 0 Å². The molecule has 107 heavy (non-hydrogen) atoms. The maximum atomic E-state index is 6.36. The van der Waals surface area contributed by atoms with Crippen LogP contribution in [-0.2, 0) is 0 Å². The molecule has 0 N–H and O–H groups in total. The second kappa shape index (κ2) is 25.2. The number of benzene rings is 17. The van der Waals surface area contributed by atoms with E-state index in [2.05, 4.69) is 249 Å². The molecule has 0 fully saturated rings. The SMILES string of the molecule is c1ccc(-c2nc3c(ccc4ccccc43)nc2-c2cccc3c2ccc2c4ccccc4oc32)cc1.c1ccc(-c2nc3ccc4ccccc4c3nc2-c2cccc3c2ccc2c4ccccc4oc32)cc1.c1ccc(-c2nc3ccccc3nc2-c2cccc3c2ccc2c4ccccc4oc32)cc1. The minimum atomic E-state index is 0.870. The van der Waals surface area contributed by atoms with E-state index >= 15 is 0 Å². The highest BCUT2D eigenvalue weighted by Gasteiger charge is 2.23. The lowest BCUT2D eigenvalue weighted by Gasteiger charge is -2.14. The fraction of sp³-hybridized carbons (Fsp3) is 0. The number of furan rings is 3. The van der Waals surface area contributed by atoms with Gasteiger partial charge in [-0.3, -0.25) is 0 Å². The van der Waals surface area contributed by atoms with Gasteiger partial charge in [0.05, 0.1) is 67.3 Å². The van der Waals surface area contributed by atoms with E-state index in [1.165, 1.54) is 0 Å². The minimum Gasteiger partial charge on any atom is -0.455 e. The number of aromatic nitrogens is 6. The van der Waals surface area contributed by atoms with Gasteiger partial charge in [0.25, 0.3) is 0 Å². The van der Waals surface area contributed by atoms with Crippen LogP contribution in [0.2, 0.25) is 0 Å². The third kappa shape index (κ3) is 10.3. The van der Waals surface area contributed by atoms with Crippen molar-refractivity contribution in [3.8, 4) is 67.5 Å². The van der Waals surface area contributed by atoms with Crippen LogP contribution in [0.25, 0.3) is 220 Å². The van der Waals surface area contributed by atoms with E-state index in [-0.39, 0.29) is 0 Å². The van der Waals surface area contributed by atoms with Gasteiger partial charge in [-0.15, -0.1) is 0 Å². The molecule has 0 aliphatic carbocycles. The summed E-state index contributed by atoms with van der Waals surface area (Å²) in [6, 6.07) is 121. The Kier molecular flexibility index (Phi) is 14.4. The average Bonchev–Trinajstić information content (AvgIpc) is 1.30. The quantitative estimate of drug-likeness (QED) is 0.150.